The van der Waals surface area contributed by atoms with Gasteiger partial charge < -0.3 is 14.7 Å². The molecule has 1 amide bonds. The van der Waals surface area contributed by atoms with Gasteiger partial charge in [-0.1, -0.05) is 24.8 Å². The summed E-state index contributed by atoms with van der Waals surface area (Å²) >= 11 is 0. The molecule has 35 heavy (non-hydrogen) atoms. The van der Waals surface area contributed by atoms with Crippen molar-refractivity contribution in [2.45, 2.75) is 44.7 Å². The number of amides is 1. The lowest BCUT2D eigenvalue weighted by Crippen LogP contribution is -2.30. The molecule has 11 heteroatoms. The number of aromatic nitrogens is 2. The molecule has 0 radical (unpaired) electrons. The van der Waals surface area contributed by atoms with Crippen molar-refractivity contribution < 1.29 is 36.6 Å². The average molecular weight is 493 g/mol. The van der Waals surface area contributed by atoms with Gasteiger partial charge in [0.05, 0.1) is 29.1 Å². The van der Waals surface area contributed by atoms with Gasteiger partial charge >= 0.3 is 12.8 Å². The molecule has 3 aromatic rings. The minimum Gasteiger partial charge on any atom is -0.433 e. The summed E-state index contributed by atoms with van der Waals surface area (Å²) in [6, 6.07) is 8.39. The number of fused-ring (bicyclic) bond motifs is 5. The van der Waals surface area contributed by atoms with Crippen LogP contribution in [0.2, 0.25) is 0 Å². The highest BCUT2D eigenvalue weighted by atomic mass is 19.4. The minimum absolute atomic E-state index is 0.0836. The zero-order chi connectivity index (χ0) is 25.5. The molecule has 1 aromatic heterocycles. The van der Waals surface area contributed by atoms with Crippen LogP contribution in [0, 0.1) is 11.8 Å². The molecule has 2 aromatic carbocycles. The number of aliphatic hydroxyl groups is 1. The van der Waals surface area contributed by atoms with Crippen molar-refractivity contribution in [2.75, 3.05) is 7.05 Å². The van der Waals surface area contributed by atoms with E-state index in [2.05, 4.69) is 16.8 Å². The van der Waals surface area contributed by atoms with Gasteiger partial charge in [-0.15, -0.1) is 0 Å². The number of rotatable bonds is 4. The monoisotopic (exact) mass is 493 g/mol. The molecule has 2 unspecified atom stereocenters. The predicted molar refractivity (Wildman–Crippen MR) is 116 cm³/mol. The second-order valence-corrected chi connectivity index (χ2v) is 7.98. The first-order valence-electron chi connectivity index (χ1n) is 10.6. The van der Waals surface area contributed by atoms with E-state index < -0.39 is 37.3 Å². The molecule has 0 fully saturated rings. The molecule has 0 spiro atoms. The molecular weight excluding hydrogens is 473 g/mol. The molecule has 1 aliphatic rings. The smallest absolute Gasteiger partial charge is 0.392 e. The van der Waals surface area contributed by atoms with Crippen LogP contribution in [0.5, 0.6) is 5.75 Å². The summed E-state index contributed by atoms with van der Waals surface area (Å²) in [5, 5.41) is 9.58. The van der Waals surface area contributed by atoms with Crippen molar-refractivity contribution in [1.82, 2.24) is 14.5 Å². The Labute approximate surface area is 196 Å². The first-order valence-corrected chi connectivity index (χ1v) is 10.6. The Balaban J connectivity index is 1.94. The molecule has 6 nitrogen and oxygen atoms in total. The Morgan fingerprint density at radius 3 is 2.63 bits per heavy atom. The van der Waals surface area contributed by atoms with Crippen molar-refractivity contribution in [3.63, 3.8) is 0 Å². The van der Waals surface area contributed by atoms with E-state index in [4.69, 9.17) is 4.74 Å². The number of carbonyl (C=O) groups excluding carboxylic acids is 1. The van der Waals surface area contributed by atoms with Crippen LogP contribution < -0.4 is 4.74 Å². The van der Waals surface area contributed by atoms with E-state index in [0.29, 0.717) is 23.3 Å². The Morgan fingerprint density at radius 2 is 1.97 bits per heavy atom. The number of nitrogens with zero attached hydrogens (tertiary/aromatic N) is 3. The summed E-state index contributed by atoms with van der Waals surface area (Å²) in [4.78, 5) is 19.3. The Morgan fingerprint density at radius 1 is 1.23 bits per heavy atom. The average Bonchev–Trinajstić information content (AvgIpc) is 3.10. The molecule has 0 aliphatic carbocycles. The third kappa shape index (κ3) is 4.79. The quantitative estimate of drug-likeness (QED) is 0.418. The molecule has 184 valence electrons. The molecule has 1 N–H and O–H groups in total. The molecule has 2 atom stereocenters. The minimum atomic E-state index is -4.57. The Hall–Kier alpha value is -3.65. The van der Waals surface area contributed by atoms with Crippen LogP contribution in [0.4, 0.5) is 22.0 Å². The van der Waals surface area contributed by atoms with E-state index in [1.165, 1.54) is 35.2 Å². The van der Waals surface area contributed by atoms with Crippen molar-refractivity contribution in [3.8, 4) is 23.3 Å². The number of hydrogen-bond acceptors (Lipinski definition) is 4. The molecule has 1 aliphatic heterocycles. The molecular formula is C24H20F5N3O3. The fourth-order valence-electron chi connectivity index (χ4n) is 4.14. The van der Waals surface area contributed by atoms with Crippen LogP contribution in [0.25, 0.3) is 16.7 Å². The Bertz CT molecular complexity index is 1340. The zero-order valence-electron chi connectivity index (χ0n) is 18.6. The number of alkyl halides is 5. The van der Waals surface area contributed by atoms with Gasteiger partial charge in [0.1, 0.15) is 17.6 Å². The van der Waals surface area contributed by atoms with Crippen LogP contribution in [-0.2, 0) is 0 Å². The third-order valence-electron chi connectivity index (χ3n) is 5.63. The van der Waals surface area contributed by atoms with Crippen LogP contribution >= 0.6 is 0 Å². The maximum atomic E-state index is 13.2. The second kappa shape index (κ2) is 9.19. The largest absolute Gasteiger partial charge is 0.433 e. The normalized spacial score (nSPS) is 16.4. The second-order valence-electron chi connectivity index (χ2n) is 7.98. The number of imidazole rings is 1. The lowest BCUT2D eigenvalue weighted by Gasteiger charge is -2.24. The third-order valence-corrected chi connectivity index (χ3v) is 5.63. The topological polar surface area (TPSA) is 67.6 Å². The van der Waals surface area contributed by atoms with Gasteiger partial charge in [0.2, 0.25) is 0 Å². The van der Waals surface area contributed by atoms with E-state index in [1.807, 2.05) is 6.92 Å². The highest BCUT2D eigenvalue weighted by Crippen LogP contribution is 2.40. The number of aliphatic hydroxyl groups excluding tert-OH is 1. The van der Waals surface area contributed by atoms with Crippen LogP contribution in [-0.4, -0.2) is 51.4 Å². The Kier molecular flexibility index (Phi) is 6.42. The first kappa shape index (κ1) is 24.5. The maximum absolute atomic E-state index is 13.2. The van der Waals surface area contributed by atoms with Gasteiger partial charge in [0.15, 0.2) is 5.75 Å². The highest BCUT2D eigenvalue weighted by molar-refractivity contribution is 6.00. The van der Waals surface area contributed by atoms with Gasteiger partial charge in [-0.2, -0.15) is 22.0 Å². The maximum Gasteiger partial charge on any atom is 0.392 e. The number of hydrogen-bond donors (Lipinski definition) is 1. The molecule has 0 bridgehead atoms. The highest BCUT2D eigenvalue weighted by Gasteiger charge is 2.35. The summed E-state index contributed by atoms with van der Waals surface area (Å²) in [5.41, 5.74) is 1.33. The molecule has 0 saturated carbocycles. The van der Waals surface area contributed by atoms with Crippen molar-refractivity contribution in [3.05, 3.63) is 53.3 Å². The summed E-state index contributed by atoms with van der Waals surface area (Å²) in [7, 11) is 1.59. The van der Waals surface area contributed by atoms with E-state index in [1.54, 1.807) is 17.7 Å². The predicted octanol–water partition coefficient (Wildman–Crippen LogP) is 4.83. The first-order chi connectivity index (χ1) is 16.5. The summed E-state index contributed by atoms with van der Waals surface area (Å²) < 4.78 is 70.2. The van der Waals surface area contributed by atoms with Crippen molar-refractivity contribution in [2.24, 2.45) is 0 Å². The fourth-order valence-corrected chi connectivity index (χ4v) is 4.14. The van der Waals surface area contributed by atoms with Gasteiger partial charge in [0.25, 0.3) is 5.91 Å². The molecule has 0 saturated heterocycles. The van der Waals surface area contributed by atoms with E-state index in [-0.39, 0.29) is 22.6 Å². The van der Waals surface area contributed by atoms with Crippen LogP contribution in [0.3, 0.4) is 0 Å². The SMILES string of the molecule is CCC1c2nc3ccc(C#CC(O)CC(F)(F)F)cc3n2-c2c(OC(F)F)cccc2C(=O)N1C. The lowest BCUT2D eigenvalue weighted by molar-refractivity contribution is -0.147. The fraction of sp³-hybridized carbons (Fsp3) is 0.333. The van der Waals surface area contributed by atoms with Gasteiger partial charge in [-0.25, -0.2) is 4.98 Å². The summed E-state index contributed by atoms with van der Waals surface area (Å²) in [5.74, 6) is 4.45. The molecule has 4 rings (SSSR count). The zero-order valence-corrected chi connectivity index (χ0v) is 18.6. The lowest BCUT2D eigenvalue weighted by atomic mass is 10.1. The number of benzene rings is 2. The number of carbonyl (C=O) groups is 1. The summed E-state index contributed by atoms with van der Waals surface area (Å²) in [6.07, 6.45) is -7.48. The number of halogens is 5. The van der Waals surface area contributed by atoms with Crippen LogP contribution in [0.1, 0.15) is 47.6 Å². The number of ether oxygens (including phenoxy) is 1. The van der Waals surface area contributed by atoms with Crippen LogP contribution in [0.15, 0.2) is 36.4 Å². The van der Waals surface area contributed by atoms with Gasteiger partial charge in [0, 0.05) is 12.6 Å². The van der Waals surface area contributed by atoms with E-state index in [9.17, 15) is 31.9 Å². The summed E-state index contributed by atoms with van der Waals surface area (Å²) in [6.45, 7) is -1.29. The molecule has 2 heterocycles. The van der Waals surface area contributed by atoms with Crippen molar-refractivity contribution in [1.29, 1.82) is 0 Å². The van der Waals surface area contributed by atoms with Gasteiger partial charge in [-0.3, -0.25) is 9.36 Å². The van der Waals surface area contributed by atoms with Crippen molar-refractivity contribution >= 4 is 16.9 Å². The van der Waals surface area contributed by atoms with E-state index in [0.717, 1.165) is 0 Å². The standard InChI is InChI=1S/C24H20F5N3O3/c1-3-17-21-30-16-10-8-13(7-9-14(33)12-24(27,28)29)11-18(16)32(21)20-15(22(34)31(17)2)5-4-6-19(20)35-23(25)26/h4-6,8,10-11,14,17,23,33H,3,12H2,1-2H3. The number of para-hydroxylation sites is 1. The van der Waals surface area contributed by atoms with E-state index >= 15 is 0 Å². The van der Waals surface area contributed by atoms with Gasteiger partial charge in [-0.05, 0) is 36.8 Å².